The number of alkyl halides is 3. The van der Waals surface area contributed by atoms with Gasteiger partial charge < -0.3 is 17.6 Å². The van der Waals surface area contributed by atoms with Crippen molar-refractivity contribution in [2.45, 2.75) is 31.3 Å². The molecule has 0 saturated heterocycles. The number of ether oxygens (including phenoxy) is 2. The molecule has 0 radical (unpaired) electrons. The molecule has 0 bridgehead atoms. The molecule has 0 fully saturated rings. The fourth-order valence-corrected chi connectivity index (χ4v) is 3.19. The second-order valence-electron chi connectivity index (χ2n) is 7.19. The van der Waals surface area contributed by atoms with Crippen molar-refractivity contribution >= 4 is 34.6 Å². The Bertz CT molecular complexity index is 754. The zero-order chi connectivity index (χ0) is 21.5. The normalized spacial score (nSPS) is 13.2. The van der Waals surface area contributed by atoms with Crippen LogP contribution in [-0.4, -0.2) is 42.8 Å². The van der Waals surface area contributed by atoms with E-state index in [9.17, 15) is 13.9 Å². The van der Waals surface area contributed by atoms with Crippen LogP contribution in [0.5, 0.6) is 11.5 Å². The predicted molar refractivity (Wildman–Crippen MR) is 118 cm³/mol. The second-order valence-corrected chi connectivity index (χ2v) is 8.12. The van der Waals surface area contributed by atoms with Gasteiger partial charge >= 0.3 is 5.92 Å². The van der Waals surface area contributed by atoms with E-state index in [-0.39, 0.29) is 17.9 Å². The quantitative estimate of drug-likeness (QED) is 0.308. The van der Waals surface area contributed by atoms with Gasteiger partial charge in [-0.05, 0) is 35.4 Å². The minimum Gasteiger partial charge on any atom is -0.491 e. The Kier molecular flexibility index (Phi) is 8.93. The molecule has 0 heterocycles. The summed E-state index contributed by atoms with van der Waals surface area (Å²) in [6.07, 6.45) is -0.706. The van der Waals surface area contributed by atoms with Gasteiger partial charge in [-0.3, -0.25) is 0 Å². The largest absolute Gasteiger partial charge is 0.491 e. The highest BCUT2D eigenvalue weighted by Crippen LogP contribution is 2.33. The summed E-state index contributed by atoms with van der Waals surface area (Å²) in [4.78, 5) is 0. The lowest BCUT2D eigenvalue weighted by Crippen LogP contribution is -2.30. The van der Waals surface area contributed by atoms with E-state index in [0.717, 1.165) is 11.1 Å². The smallest absolute Gasteiger partial charge is 0.305 e. The number of aliphatic hydroxyl groups excluding tert-OH is 1. The number of aliphatic hydroxyl groups is 1. The van der Waals surface area contributed by atoms with Gasteiger partial charge in [0.25, 0.3) is 0 Å². The summed E-state index contributed by atoms with van der Waals surface area (Å²) in [5, 5.41) is 9.47. The van der Waals surface area contributed by atoms with E-state index in [1.807, 2.05) is 36.4 Å². The Balaban J connectivity index is 2.03. The van der Waals surface area contributed by atoms with Gasteiger partial charge in [-0.15, -0.1) is 11.6 Å². The van der Waals surface area contributed by atoms with Gasteiger partial charge in [0.2, 0.25) is 0 Å². The molecule has 1 atom stereocenters. The third kappa shape index (κ3) is 7.24. The molecule has 0 aliphatic rings. The minimum absolute atomic E-state index is 0.120. The van der Waals surface area contributed by atoms with E-state index in [1.165, 1.54) is 23.0 Å². The molecule has 1 N–H and O–H groups in total. The standard InChI is InChI=1S/C21H24ClF2IO4/c1-20(2,15-3-7-18(8-4-15)27-12-17(26)11-22)16-5-9-19(10-6-16)28-13-21(23,24)14-29-25/h3-10,17,26H,11-14H2,1-2H3/t17-/m0/s1. The predicted octanol–water partition coefficient (Wildman–Crippen LogP) is 5.37. The molecular formula is C21H24ClF2IO4. The van der Waals surface area contributed by atoms with Crippen LogP contribution in [0.25, 0.3) is 0 Å². The zero-order valence-corrected chi connectivity index (χ0v) is 19.1. The molecule has 0 amide bonds. The minimum atomic E-state index is -3.04. The highest BCUT2D eigenvalue weighted by molar-refractivity contribution is 14.1. The Morgan fingerprint density at radius 1 is 0.931 bits per heavy atom. The summed E-state index contributed by atoms with van der Waals surface area (Å²) in [7, 11) is 0. The van der Waals surface area contributed by atoms with E-state index in [1.54, 1.807) is 12.1 Å². The van der Waals surface area contributed by atoms with E-state index in [2.05, 4.69) is 16.9 Å². The summed E-state index contributed by atoms with van der Waals surface area (Å²) < 4.78 is 42.1. The molecule has 0 aliphatic heterocycles. The van der Waals surface area contributed by atoms with Gasteiger partial charge in [0.15, 0.2) is 6.61 Å². The molecule has 2 aromatic carbocycles. The third-order valence-corrected chi connectivity index (χ3v) is 5.16. The van der Waals surface area contributed by atoms with E-state index in [0.29, 0.717) is 11.5 Å². The molecular weight excluding hydrogens is 517 g/mol. The number of hydrogen-bond acceptors (Lipinski definition) is 4. The number of hydrogen-bond donors (Lipinski definition) is 1. The lowest BCUT2D eigenvalue weighted by molar-refractivity contribution is -0.0640. The van der Waals surface area contributed by atoms with Crippen molar-refractivity contribution < 1.29 is 26.4 Å². The summed E-state index contributed by atoms with van der Waals surface area (Å²) in [5.41, 5.74) is 1.76. The maximum Gasteiger partial charge on any atom is 0.305 e. The van der Waals surface area contributed by atoms with Gasteiger partial charge in [0.05, 0.1) is 5.88 Å². The van der Waals surface area contributed by atoms with Crippen molar-refractivity contribution in [1.82, 2.24) is 0 Å². The molecule has 0 saturated carbocycles. The van der Waals surface area contributed by atoms with Crippen molar-refractivity contribution in [1.29, 1.82) is 0 Å². The first-order valence-electron chi connectivity index (χ1n) is 9.00. The summed E-state index contributed by atoms with van der Waals surface area (Å²) in [6, 6.07) is 14.7. The average molecular weight is 541 g/mol. The number of halogens is 4. The van der Waals surface area contributed by atoms with E-state index < -0.39 is 25.2 Å². The van der Waals surface area contributed by atoms with Gasteiger partial charge in [-0.2, -0.15) is 0 Å². The molecule has 0 spiro atoms. The first-order chi connectivity index (χ1) is 13.7. The van der Waals surface area contributed by atoms with Crippen LogP contribution in [0.1, 0.15) is 25.0 Å². The topological polar surface area (TPSA) is 47.9 Å². The first kappa shape index (κ1) is 24.1. The van der Waals surface area contributed by atoms with Crippen molar-refractivity contribution in [3.63, 3.8) is 0 Å². The van der Waals surface area contributed by atoms with Gasteiger partial charge in [-0.1, -0.05) is 38.1 Å². The number of benzene rings is 2. The Morgan fingerprint density at radius 2 is 1.41 bits per heavy atom. The Morgan fingerprint density at radius 3 is 1.86 bits per heavy atom. The molecule has 0 aliphatic carbocycles. The molecule has 2 rings (SSSR count). The first-order valence-corrected chi connectivity index (χ1v) is 10.4. The van der Waals surface area contributed by atoms with Crippen LogP contribution in [0.2, 0.25) is 0 Å². The highest BCUT2D eigenvalue weighted by Gasteiger charge is 2.30. The van der Waals surface area contributed by atoms with Crippen molar-refractivity contribution in [2.75, 3.05) is 25.7 Å². The lowest BCUT2D eigenvalue weighted by atomic mass is 9.78. The average Bonchev–Trinajstić information content (AvgIpc) is 2.71. The van der Waals surface area contributed by atoms with Gasteiger partial charge in [-0.25, -0.2) is 8.78 Å². The van der Waals surface area contributed by atoms with Crippen molar-refractivity contribution in [3.8, 4) is 11.5 Å². The molecule has 2 aromatic rings. The molecule has 8 heteroatoms. The van der Waals surface area contributed by atoms with E-state index >= 15 is 0 Å². The summed E-state index contributed by atoms with van der Waals surface area (Å²) in [6.45, 7) is 2.85. The van der Waals surface area contributed by atoms with Gasteiger partial charge in [0, 0.05) is 5.41 Å². The second kappa shape index (κ2) is 10.7. The maximum atomic E-state index is 13.5. The summed E-state index contributed by atoms with van der Waals surface area (Å²) in [5.74, 6) is -1.90. The van der Waals surface area contributed by atoms with Crippen LogP contribution in [0, 0.1) is 0 Å². The fraction of sp³-hybridized carbons (Fsp3) is 0.429. The molecule has 0 aromatic heterocycles. The Labute approximate surface area is 188 Å². The van der Waals surface area contributed by atoms with Crippen LogP contribution in [0.15, 0.2) is 48.5 Å². The maximum absolute atomic E-state index is 13.5. The van der Waals surface area contributed by atoms with Crippen LogP contribution in [0.3, 0.4) is 0 Å². The zero-order valence-electron chi connectivity index (χ0n) is 16.2. The molecule has 0 unspecified atom stereocenters. The van der Waals surface area contributed by atoms with Crippen LogP contribution >= 0.6 is 34.6 Å². The highest BCUT2D eigenvalue weighted by atomic mass is 127. The summed E-state index contributed by atoms with van der Waals surface area (Å²) >= 11 is 6.99. The fourth-order valence-electron chi connectivity index (χ4n) is 2.65. The van der Waals surface area contributed by atoms with E-state index in [4.69, 9.17) is 21.1 Å². The van der Waals surface area contributed by atoms with Crippen LogP contribution in [0.4, 0.5) is 8.78 Å². The number of rotatable bonds is 11. The monoisotopic (exact) mass is 540 g/mol. The van der Waals surface area contributed by atoms with Gasteiger partial charge in [0.1, 0.15) is 53.8 Å². The SMILES string of the molecule is CC(C)(c1ccc(OC[C@@H](O)CCl)cc1)c1ccc(OCC(F)(F)COI)cc1. The Hall–Kier alpha value is -1.16. The third-order valence-electron chi connectivity index (χ3n) is 4.49. The van der Waals surface area contributed by atoms with Crippen LogP contribution < -0.4 is 9.47 Å². The van der Waals surface area contributed by atoms with Crippen molar-refractivity contribution in [3.05, 3.63) is 59.7 Å². The molecule has 160 valence electrons. The molecule has 29 heavy (non-hydrogen) atoms. The lowest BCUT2D eigenvalue weighted by Gasteiger charge is -2.26. The molecule has 4 nitrogen and oxygen atoms in total. The van der Waals surface area contributed by atoms with Crippen molar-refractivity contribution in [2.24, 2.45) is 0 Å². The van der Waals surface area contributed by atoms with Crippen LogP contribution in [-0.2, 0) is 8.48 Å².